The largest absolute Gasteiger partial charge is 0.464 e. The molecule has 0 amide bonds. The van der Waals surface area contributed by atoms with E-state index in [0.29, 0.717) is 29.9 Å². The second-order valence-corrected chi connectivity index (χ2v) is 6.26. The van der Waals surface area contributed by atoms with Crippen LogP contribution >= 0.6 is 11.6 Å². The van der Waals surface area contributed by atoms with Gasteiger partial charge in [0.15, 0.2) is 0 Å². The van der Waals surface area contributed by atoms with Crippen molar-refractivity contribution in [3.8, 4) is 6.01 Å². The van der Waals surface area contributed by atoms with Crippen molar-refractivity contribution < 1.29 is 4.74 Å². The summed E-state index contributed by atoms with van der Waals surface area (Å²) in [5.74, 6) is 1.26. The van der Waals surface area contributed by atoms with Gasteiger partial charge in [0.1, 0.15) is 0 Å². The highest BCUT2D eigenvalue weighted by Gasteiger charge is 2.33. The number of hydrogen-bond acceptors (Lipinski definition) is 5. The molecule has 1 unspecified atom stereocenters. The van der Waals surface area contributed by atoms with Crippen LogP contribution < -0.4 is 9.64 Å². The molecule has 0 aromatic carbocycles. The lowest BCUT2D eigenvalue weighted by Gasteiger charge is -2.26. The Kier molecular flexibility index (Phi) is 4.13. The number of ether oxygens (including phenoxy) is 1. The van der Waals surface area contributed by atoms with Gasteiger partial charge in [0.25, 0.3) is 0 Å². The molecular formula is C13H21ClN4O. The second kappa shape index (κ2) is 5.49. The molecule has 106 valence electrons. The molecule has 1 aromatic heterocycles. The maximum atomic E-state index is 5.92. The third-order valence-electron chi connectivity index (χ3n) is 3.55. The van der Waals surface area contributed by atoms with E-state index in [1.807, 2.05) is 6.92 Å². The fraction of sp³-hybridized carbons (Fsp3) is 0.769. The van der Waals surface area contributed by atoms with Crippen LogP contribution in [0.2, 0.25) is 5.28 Å². The maximum absolute atomic E-state index is 5.92. The fourth-order valence-corrected chi connectivity index (χ4v) is 2.45. The van der Waals surface area contributed by atoms with Gasteiger partial charge < -0.3 is 9.64 Å². The fourth-order valence-electron chi connectivity index (χ4n) is 2.31. The summed E-state index contributed by atoms with van der Waals surface area (Å²) >= 11 is 5.92. The average molecular weight is 285 g/mol. The summed E-state index contributed by atoms with van der Waals surface area (Å²) in [5.41, 5.74) is 0.300. The first-order valence-corrected chi connectivity index (χ1v) is 7.07. The van der Waals surface area contributed by atoms with Crippen molar-refractivity contribution in [3.63, 3.8) is 0 Å². The van der Waals surface area contributed by atoms with Crippen LogP contribution in [0.3, 0.4) is 0 Å². The zero-order valence-electron chi connectivity index (χ0n) is 12.0. The highest BCUT2D eigenvalue weighted by molar-refractivity contribution is 6.28. The Hall–Kier alpha value is -1.10. The molecule has 6 heteroatoms. The van der Waals surface area contributed by atoms with Gasteiger partial charge >= 0.3 is 6.01 Å². The van der Waals surface area contributed by atoms with Gasteiger partial charge in [0.05, 0.1) is 6.61 Å². The maximum Gasteiger partial charge on any atom is 0.322 e. The molecule has 1 aliphatic rings. The van der Waals surface area contributed by atoms with Crippen molar-refractivity contribution in [2.24, 2.45) is 11.3 Å². The van der Waals surface area contributed by atoms with Crippen molar-refractivity contribution in [1.29, 1.82) is 0 Å². The van der Waals surface area contributed by atoms with E-state index in [1.54, 1.807) is 0 Å². The van der Waals surface area contributed by atoms with E-state index in [1.165, 1.54) is 0 Å². The molecule has 19 heavy (non-hydrogen) atoms. The molecule has 1 fully saturated rings. The molecule has 0 radical (unpaired) electrons. The van der Waals surface area contributed by atoms with Crippen LogP contribution in [-0.2, 0) is 0 Å². The number of anilines is 1. The normalized spacial score (nSPS) is 19.8. The summed E-state index contributed by atoms with van der Waals surface area (Å²) < 4.78 is 5.31. The number of hydrogen-bond donors (Lipinski definition) is 0. The van der Waals surface area contributed by atoms with E-state index in [4.69, 9.17) is 16.3 Å². The number of aromatic nitrogens is 3. The molecule has 2 rings (SSSR count). The quantitative estimate of drug-likeness (QED) is 0.854. The second-order valence-electron chi connectivity index (χ2n) is 5.92. The Bertz CT molecular complexity index is 447. The number of halogens is 1. The Balaban J connectivity index is 2.15. The van der Waals surface area contributed by atoms with Gasteiger partial charge in [-0.15, -0.1) is 0 Å². The Labute approximate surface area is 119 Å². The first-order valence-electron chi connectivity index (χ1n) is 6.69. The van der Waals surface area contributed by atoms with Gasteiger partial charge in [0, 0.05) is 13.1 Å². The van der Waals surface area contributed by atoms with Gasteiger partial charge in [-0.1, -0.05) is 20.8 Å². The molecule has 0 saturated carbocycles. The van der Waals surface area contributed by atoms with E-state index in [9.17, 15) is 0 Å². The van der Waals surface area contributed by atoms with Crippen molar-refractivity contribution >= 4 is 17.5 Å². The lowest BCUT2D eigenvalue weighted by molar-refractivity contribution is 0.263. The summed E-state index contributed by atoms with van der Waals surface area (Å²) in [6.07, 6.45) is 1.15. The topological polar surface area (TPSA) is 51.1 Å². The molecule has 1 saturated heterocycles. The molecule has 0 bridgehead atoms. The van der Waals surface area contributed by atoms with Gasteiger partial charge in [-0.05, 0) is 36.3 Å². The van der Waals surface area contributed by atoms with E-state index in [-0.39, 0.29) is 5.28 Å². The summed E-state index contributed by atoms with van der Waals surface area (Å²) in [5, 5.41) is 0.188. The van der Waals surface area contributed by atoms with E-state index >= 15 is 0 Å². The minimum absolute atomic E-state index is 0.188. The van der Waals surface area contributed by atoms with Crippen molar-refractivity contribution in [3.05, 3.63) is 5.28 Å². The average Bonchev–Trinajstić information content (AvgIpc) is 2.77. The van der Waals surface area contributed by atoms with Gasteiger partial charge in [-0.2, -0.15) is 15.0 Å². The van der Waals surface area contributed by atoms with Gasteiger partial charge in [0.2, 0.25) is 11.2 Å². The van der Waals surface area contributed by atoms with E-state index in [0.717, 1.165) is 19.5 Å². The Morgan fingerprint density at radius 3 is 2.63 bits per heavy atom. The minimum Gasteiger partial charge on any atom is -0.464 e. The first kappa shape index (κ1) is 14.3. The summed E-state index contributed by atoms with van der Waals surface area (Å²) in [6, 6.07) is 0.303. The van der Waals surface area contributed by atoms with Crippen LogP contribution in [0.1, 0.15) is 34.1 Å². The minimum atomic E-state index is 0.188. The Morgan fingerprint density at radius 2 is 2.05 bits per heavy atom. The number of nitrogens with zero attached hydrogens (tertiary/aromatic N) is 4. The highest BCUT2D eigenvalue weighted by Crippen LogP contribution is 2.35. The van der Waals surface area contributed by atoms with Crippen LogP contribution in [0, 0.1) is 11.3 Å². The van der Waals surface area contributed by atoms with Crippen LogP contribution in [0.4, 0.5) is 5.95 Å². The highest BCUT2D eigenvalue weighted by atomic mass is 35.5. The standard InChI is InChI=1S/C13H21ClN4O/c1-5-19-12-16-10(14)15-11(17-12)18-7-6-9(8-18)13(2,3)4/h9H,5-8H2,1-4H3. The molecule has 0 spiro atoms. The third kappa shape index (κ3) is 3.47. The Morgan fingerprint density at radius 1 is 1.32 bits per heavy atom. The lowest BCUT2D eigenvalue weighted by atomic mass is 9.80. The lowest BCUT2D eigenvalue weighted by Crippen LogP contribution is -2.27. The van der Waals surface area contributed by atoms with Crippen molar-refractivity contribution in [1.82, 2.24) is 15.0 Å². The molecule has 1 aromatic rings. The zero-order valence-corrected chi connectivity index (χ0v) is 12.7. The third-order valence-corrected chi connectivity index (χ3v) is 3.71. The molecular weight excluding hydrogens is 264 g/mol. The van der Waals surface area contributed by atoms with E-state index in [2.05, 4.69) is 40.6 Å². The zero-order chi connectivity index (χ0) is 14.0. The smallest absolute Gasteiger partial charge is 0.322 e. The molecule has 1 atom stereocenters. The van der Waals surface area contributed by atoms with Crippen LogP contribution in [-0.4, -0.2) is 34.6 Å². The molecule has 5 nitrogen and oxygen atoms in total. The van der Waals surface area contributed by atoms with Crippen LogP contribution in [0.15, 0.2) is 0 Å². The summed E-state index contributed by atoms with van der Waals surface area (Å²) in [7, 11) is 0. The number of rotatable bonds is 3. The van der Waals surface area contributed by atoms with Crippen molar-refractivity contribution in [2.45, 2.75) is 34.1 Å². The summed E-state index contributed by atoms with van der Waals surface area (Å²) in [4.78, 5) is 14.6. The predicted octanol–water partition coefficient (Wildman–Crippen LogP) is 2.80. The SMILES string of the molecule is CCOc1nc(Cl)nc(N2CCC(C(C)(C)C)C2)n1. The monoisotopic (exact) mass is 284 g/mol. The van der Waals surface area contributed by atoms with E-state index < -0.39 is 0 Å². The first-order chi connectivity index (χ1) is 8.90. The summed E-state index contributed by atoms with van der Waals surface area (Å²) in [6.45, 7) is 11.1. The van der Waals surface area contributed by atoms with Gasteiger partial charge in [-0.25, -0.2) is 0 Å². The molecule has 0 aliphatic carbocycles. The molecule has 2 heterocycles. The van der Waals surface area contributed by atoms with Crippen LogP contribution in [0.25, 0.3) is 0 Å². The van der Waals surface area contributed by atoms with Crippen molar-refractivity contribution in [2.75, 3.05) is 24.6 Å². The van der Waals surface area contributed by atoms with Crippen LogP contribution in [0.5, 0.6) is 6.01 Å². The molecule has 1 aliphatic heterocycles. The van der Waals surface area contributed by atoms with Gasteiger partial charge in [-0.3, -0.25) is 0 Å². The predicted molar refractivity (Wildman–Crippen MR) is 75.8 cm³/mol. The molecule has 0 N–H and O–H groups in total.